The van der Waals surface area contributed by atoms with Gasteiger partial charge in [0.05, 0.1) is 13.2 Å². The topological polar surface area (TPSA) is 67.9 Å². The number of hydrogen-bond donors (Lipinski definition) is 1. The molecule has 0 heterocycles. The SMILES string of the molecule is CCOc1ccc(CCC(=O)N(Cc2ccccc2F)[C@H](Cc2ccccc2)C(=O)NC2CCCC2)cc1OCC. The summed E-state index contributed by atoms with van der Waals surface area (Å²) in [4.78, 5) is 29.3. The summed E-state index contributed by atoms with van der Waals surface area (Å²) in [5, 5.41) is 3.19. The molecule has 0 saturated heterocycles. The summed E-state index contributed by atoms with van der Waals surface area (Å²) in [5.41, 5.74) is 2.25. The third kappa shape index (κ3) is 8.56. The van der Waals surface area contributed by atoms with Crippen molar-refractivity contribution in [2.45, 2.75) is 77.4 Å². The highest BCUT2D eigenvalue weighted by atomic mass is 19.1. The molecule has 6 nitrogen and oxygen atoms in total. The van der Waals surface area contributed by atoms with Crippen LogP contribution in [0.5, 0.6) is 11.5 Å². The summed E-state index contributed by atoms with van der Waals surface area (Å²) in [6, 6.07) is 21.1. The highest BCUT2D eigenvalue weighted by Gasteiger charge is 2.32. The normalized spacial score (nSPS) is 13.9. The van der Waals surface area contributed by atoms with Crippen LogP contribution in [0, 0.1) is 5.82 Å². The number of hydrogen-bond acceptors (Lipinski definition) is 4. The maximum atomic E-state index is 14.8. The van der Waals surface area contributed by atoms with Gasteiger partial charge < -0.3 is 19.7 Å². The minimum atomic E-state index is -0.774. The molecule has 0 bridgehead atoms. The van der Waals surface area contributed by atoms with E-state index in [1.54, 1.807) is 23.1 Å². The Kier molecular flexibility index (Phi) is 11.2. The largest absolute Gasteiger partial charge is 0.490 e. The molecule has 3 aromatic carbocycles. The maximum absolute atomic E-state index is 14.8. The van der Waals surface area contributed by atoms with Crippen LogP contribution in [0.1, 0.15) is 62.6 Å². The van der Waals surface area contributed by atoms with E-state index in [4.69, 9.17) is 9.47 Å². The summed E-state index contributed by atoms with van der Waals surface area (Å²) < 4.78 is 26.3. The molecule has 3 aromatic rings. The van der Waals surface area contributed by atoms with Gasteiger partial charge in [0, 0.05) is 31.0 Å². The van der Waals surface area contributed by atoms with Crippen LogP contribution in [0.15, 0.2) is 72.8 Å². The van der Waals surface area contributed by atoms with E-state index >= 15 is 0 Å². The summed E-state index contributed by atoms with van der Waals surface area (Å²) >= 11 is 0. The van der Waals surface area contributed by atoms with Gasteiger partial charge in [0.15, 0.2) is 11.5 Å². The first-order chi connectivity index (χ1) is 20.0. The molecule has 2 amide bonds. The van der Waals surface area contributed by atoms with Gasteiger partial charge in [-0.25, -0.2) is 4.39 Å². The van der Waals surface area contributed by atoms with Gasteiger partial charge in [-0.15, -0.1) is 0 Å². The van der Waals surface area contributed by atoms with Crippen LogP contribution < -0.4 is 14.8 Å². The third-order valence-corrected chi connectivity index (χ3v) is 7.51. The lowest BCUT2D eigenvalue weighted by atomic mass is 10.0. The van der Waals surface area contributed by atoms with Crippen molar-refractivity contribution in [1.82, 2.24) is 10.2 Å². The average molecular weight is 561 g/mol. The van der Waals surface area contributed by atoms with Gasteiger partial charge in [-0.05, 0) is 62.4 Å². The lowest BCUT2D eigenvalue weighted by Gasteiger charge is -2.32. The van der Waals surface area contributed by atoms with Crippen LogP contribution in [-0.2, 0) is 29.0 Å². The van der Waals surface area contributed by atoms with E-state index in [1.165, 1.54) is 6.07 Å². The monoisotopic (exact) mass is 560 g/mol. The Hall–Kier alpha value is -3.87. The average Bonchev–Trinajstić information content (AvgIpc) is 3.49. The van der Waals surface area contributed by atoms with Gasteiger partial charge in [0.25, 0.3) is 0 Å². The molecule has 41 heavy (non-hydrogen) atoms. The lowest BCUT2D eigenvalue weighted by Crippen LogP contribution is -2.52. The van der Waals surface area contributed by atoms with Crippen molar-refractivity contribution in [3.63, 3.8) is 0 Å². The zero-order valence-corrected chi connectivity index (χ0v) is 24.1. The van der Waals surface area contributed by atoms with Gasteiger partial charge in [0.2, 0.25) is 11.8 Å². The van der Waals surface area contributed by atoms with Gasteiger partial charge in [-0.3, -0.25) is 9.59 Å². The molecule has 1 aliphatic carbocycles. The van der Waals surface area contributed by atoms with Crippen molar-refractivity contribution in [3.8, 4) is 11.5 Å². The van der Waals surface area contributed by atoms with Crippen molar-refractivity contribution < 1.29 is 23.5 Å². The van der Waals surface area contributed by atoms with Crippen molar-refractivity contribution in [3.05, 3.63) is 95.3 Å². The van der Waals surface area contributed by atoms with Crippen LogP contribution in [0.3, 0.4) is 0 Å². The molecule has 4 rings (SSSR count). The van der Waals surface area contributed by atoms with E-state index in [-0.39, 0.29) is 30.8 Å². The second kappa shape index (κ2) is 15.2. The Bertz CT molecular complexity index is 1280. The van der Waals surface area contributed by atoms with E-state index < -0.39 is 11.9 Å². The molecular formula is C34H41FN2O4. The second-order valence-corrected chi connectivity index (χ2v) is 10.5. The number of amides is 2. The molecule has 218 valence electrons. The number of nitrogens with one attached hydrogen (secondary N) is 1. The fourth-order valence-corrected chi connectivity index (χ4v) is 5.38. The summed E-state index contributed by atoms with van der Waals surface area (Å²) in [5.74, 6) is 0.512. The predicted octanol–water partition coefficient (Wildman–Crippen LogP) is 6.25. The molecule has 0 radical (unpaired) electrons. The predicted molar refractivity (Wildman–Crippen MR) is 158 cm³/mol. The number of carbonyl (C=O) groups excluding carboxylic acids is 2. The highest BCUT2D eigenvalue weighted by Crippen LogP contribution is 2.29. The van der Waals surface area contributed by atoms with Crippen molar-refractivity contribution in [2.75, 3.05) is 13.2 Å². The van der Waals surface area contributed by atoms with Crippen molar-refractivity contribution in [1.29, 1.82) is 0 Å². The molecule has 1 fully saturated rings. The Labute approximate surface area is 242 Å². The fraction of sp³-hybridized carbons (Fsp3) is 0.412. The summed E-state index contributed by atoms with van der Waals surface area (Å²) in [7, 11) is 0. The highest BCUT2D eigenvalue weighted by molar-refractivity contribution is 5.88. The molecule has 1 N–H and O–H groups in total. The van der Waals surface area contributed by atoms with E-state index in [9.17, 15) is 14.0 Å². The third-order valence-electron chi connectivity index (χ3n) is 7.51. The second-order valence-electron chi connectivity index (χ2n) is 10.5. The Morgan fingerprint density at radius 1 is 0.902 bits per heavy atom. The number of aryl methyl sites for hydroxylation is 1. The van der Waals surface area contributed by atoms with Gasteiger partial charge in [-0.2, -0.15) is 0 Å². The molecular weight excluding hydrogens is 519 g/mol. The zero-order chi connectivity index (χ0) is 29.0. The number of halogens is 1. The Balaban J connectivity index is 1.60. The fourth-order valence-electron chi connectivity index (χ4n) is 5.38. The van der Waals surface area contributed by atoms with Crippen molar-refractivity contribution in [2.24, 2.45) is 0 Å². The molecule has 7 heteroatoms. The van der Waals surface area contributed by atoms with Crippen LogP contribution in [0.25, 0.3) is 0 Å². The van der Waals surface area contributed by atoms with Crippen LogP contribution in [0.2, 0.25) is 0 Å². The molecule has 0 aromatic heterocycles. The lowest BCUT2D eigenvalue weighted by molar-refractivity contribution is -0.141. The first kappa shape index (κ1) is 30.1. The first-order valence-electron chi connectivity index (χ1n) is 14.7. The van der Waals surface area contributed by atoms with E-state index in [0.717, 1.165) is 36.8 Å². The minimum absolute atomic E-state index is 0.00850. The Morgan fingerprint density at radius 2 is 1.59 bits per heavy atom. The molecule has 1 saturated carbocycles. The number of ether oxygens (including phenoxy) is 2. The minimum Gasteiger partial charge on any atom is -0.490 e. The molecule has 1 aliphatic rings. The van der Waals surface area contributed by atoms with Gasteiger partial charge >= 0.3 is 0 Å². The number of nitrogens with zero attached hydrogens (tertiary/aromatic N) is 1. The quantitative estimate of drug-likeness (QED) is 0.253. The smallest absolute Gasteiger partial charge is 0.243 e. The van der Waals surface area contributed by atoms with Crippen LogP contribution in [0.4, 0.5) is 4.39 Å². The van der Waals surface area contributed by atoms with Crippen LogP contribution in [-0.4, -0.2) is 42.0 Å². The first-order valence-corrected chi connectivity index (χ1v) is 14.7. The standard InChI is InChI=1S/C34H41FN2O4/c1-3-40-31-20-18-26(23-32(31)41-4-2)19-21-33(38)37(24-27-14-8-11-17-29(27)35)30(22-25-12-6-5-7-13-25)34(39)36-28-15-9-10-16-28/h5-8,11-14,17-18,20,23,28,30H,3-4,9-10,15-16,19,21-22,24H2,1-2H3,(H,36,39)/t30-/m1/s1. The summed E-state index contributed by atoms with van der Waals surface area (Å²) in [6.07, 6.45) is 4.99. The van der Waals surface area contributed by atoms with E-state index in [2.05, 4.69) is 5.32 Å². The maximum Gasteiger partial charge on any atom is 0.243 e. The van der Waals surface area contributed by atoms with E-state index in [0.29, 0.717) is 43.1 Å². The number of benzene rings is 3. The Morgan fingerprint density at radius 3 is 2.29 bits per heavy atom. The molecule has 0 unspecified atom stereocenters. The van der Waals surface area contributed by atoms with Gasteiger partial charge in [0.1, 0.15) is 11.9 Å². The van der Waals surface area contributed by atoms with E-state index in [1.807, 2.05) is 62.4 Å². The van der Waals surface area contributed by atoms with Crippen molar-refractivity contribution >= 4 is 11.8 Å². The van der Waals surface area contributed by atoms with Crippen LogP contribution >= 0.6 is 0 Å². The molecule has 0 spiro atoms. The number of carbonyl (C=O) groups is 2. The summed E-state index contributed by atoms with van der Waals surface area (Å²) in [6.45, 7) is 4.86. The van der Waals surface area contributed by atoms with Gasteiger partial charge in [-0.1, -0.05) is 67.4 Å². The zero-order valence-electron chi connectivity index (χ0n) is 24.1. The number of rotatable bonds is 14. The molecule has 0 aliphatic heterocycles. The molecule has 1 atom stereocenters.